The molecule has 1 fully saturated rings. The molecule has 1 unspecified atom stereocenters. The number of nitrogens with one attached hydrogen (secondary N) is 1. The summed E-state index contributed by atoms with van der Waals surface area (Å²) < 4.78 is 0. The topological polar surface area (TPSA) is 96.7 Å². The summed E-state index contributed by atoms with van der Waals surface area (Å²) >= 11 is 0. The minimum Gasteiger partial charge on any atom is -0.480 e. The highest BCUT2D eigenvalue weighted by molar-refractivity contribution is 5.97. The number of carboxylic acid groups (broad SMARTS) is 1. The molecule has 1 atom stereocenters. The van der Waals surface area contributed by atoms with E-state index in [0.29, 0.717) is 13.1 Å². The SMILES string of the molecule is CC(N/C=C(/C#N)C(=O)N1CCN(C)CC1)C(=O)O. The van der Waals surface area contributed by atoms with Crippen LogP contribution >= 0.6 is 0 Å². The molecule has 0 saturated carbocycles. The number of hydrogen-bond acceptors (Lipinski definition) is 5. The summed E-state index contributed by atoms with van der Waals surface area (Å²) in [6.07, 6.45) is 1.18. The number of amides is 1. The molecular formula is C12H18N4O3. The smallest absolute Gasteiger partial charge is 0.325 e. The molecule has 0 aromatic carbocycles. The van der Waals surface area contributed by atoms with Crippen molar-refractivity contribution in [2.45, 2.75) is 13.0 Å². The lowest BCUT2D eigenvalue weighted by atomic mass is 10.2. The minimum absolute atomic E-state index is 0.0716. The van der Waals surface area contributed by atoms with E-state index in [1.54, 1.807) is 11.0 Å². The van der Waals surface area contributed by atoms with E-state index >= 15 is 0 Å². The molecule has 7 nitrogen and oxygen atoms in total. The fourth-order valence-corrected chi connectivity index (χ4v) is 1.60. The summed E-state index contributed by atoms with van der Waals surface area (Å²) in [5, 5.41) is 20.2. The third kappa shape index (κ3) is 4.26. The minimum atomic E-state index is -1.04. The van der Waals surface area contributed by atoms with E-state index in [1.165, 1.54) is 13.1 Å². The quantitative estimate of drug-likeness (QED) is 0.512. The average Bonchev–Trinajstić information content (AvgIpc) is 2.39. The van der Waals surface area contributed by atoms with E-state index in [4.69, 9.17) is 10.4 Å². The standard InChI is InChI=1S/C12H18N4O3/c1-9(12(18)19)14-8-10(7-13)11(17)16-5-3-15(2)4-6-16/h8-9,14H,3-6H2,1-2H3,(H,18,19)/b10-8-. The van der Waals surface area contributed by atoms with E-state index in [9.17, 15) is 9.59 Å². The maximum absolute atomic E-state index is 12.0. The molecular weight excluding hydrogens is 248 g/mol. The van der Waals surface area contributed by atoms with E-state index in [0.717, 1.165) is 13.1 Å². The molecule has 0 radical (unpaired) electrons. The fraction of sp³-hybridized carbons (Fsp3) is 0.583. The molecule has 0 bridgehead atoms. The molecule has 2 N–H and O–H groups in total. The molecule has 104 valence electrons. The maximum atomic E-state index is 12.0. The van der Waals surface area contributed by atoms with Crippen LogP contribution in [-0.2, 0) is 9.59 Å². The normalized spacial score (nSPS) is 18.6. The molecule has 1 aliphatic rings. The number of aliphatic carboxylic acids is 1. The van der Waals surface area contributed by atoms with Crippen molar-refractivity contribution in [3.63, 3.8) is 0 Å². The summed E-state index contributed by atoms with van der Waals surface area (Å²) in [5.74, 6) is -1.40. The molecule has 1 heterocycles. The van der Waals surface area contributed by atoms with Gasteiger partial charge in [-0.05, 0) is 14.0 Å². The Morgan fingerprint density at radius 3 is 2.42 bits per heavy atom. The Bertz CT molecular complexity index is 419. The number of likely N-dealkylation sites (N-methyl/N-ethyl adjacent to an activating group) is 1. The number of carbonyl (C=O) groups is 2. The zero-order valence-corrected chi connectivity index (χ0v) is 11.1. The van der Waals surface area contributed by atoms with Crippen molar-refractivity contribution < 1.29 is 14.7 Å². The molecule has 1 aliphatic heterocycles. The first-order chi connectivity index (χ1) is 8.95. The van der Waals surface area contributed by atoms with Crippen molar-refractivity contribution in [3.05, 3.63) is 11.8 Å². The van der Waals surface area contributed by atoms with Gasteiger partial charge in [0.2, 0.25) is 0 Å². The maximum Gasteiger partial charge on any atom is 0.325 e. The number of nitriles is 1. The zero-order chi connectivity index (χ0) is 14.4. The van der Waals surface area contributed by atoms with Gasteiger partial charge in [0.25, 0.3) is 5.91 Å². The third-order valence-electron chi connectivity index (χ3n) is 2.99. The van der Waals surface area contributed by atoms with E-state index in [2.05, 4.69) is 10.2 Å². The van der Waals surface area contributed by atoms with Gasteiger partial charge >= 0.3 is 5.97 Å². The number of carbonyl (C=O) groups excluding carboxylic acids is 1. The van der Waals surface area contributed by atoms with Crippen LogP contribution in [-0.4, -0.2) is 66.1 Å². The highest BCUT2D eigenvalue weighted by Gasteiger charge is 2.22. The van der Waals surface area contributed by atoms with Gasteiger partial charge in [0.05, 0.1) is 0 Å². The molecule has 1 rings (SSSR count). The molecule has 0 spiro atoms. The van der Waals surface area contributed by atoms with Crippen LogP contribution in [0.2, 0.25) is 0 Å². The Labute approximate surface area is 112 Å². The first kappa shape index (κ1) is 15.0. The van der Waals surface area contributed by atoms with Gasteiger partial charge in [0.1, 0.15) is 17.7 Å². The monoisotopic (exact) mass is 266 g/mol. The van der Waals surface area contributed by atoms with Crippen LogP contribution in [0.5, 0.6) is 0 Å². The van der Waals surface area contributed by atoms with Crippen LogP contribution in [0.25, 0.3) is 0 Å². The van der Waals surface area contributed by atoms with Crippen LogP contribution in [0.1, 0.15) is 6.92 Å². The van der Waals surface area contributed by atoms with Crippen molar-refractivity contribution in [1.29, 1.82) is 5.26 Å². The lowest BCUT2D eigenvalue weighted by Crippen LogP contribution is -2.47. The molecule has 0 aromatic heterocycles. The van der Waals surface area contributed by atoms with Crippen molar-refractivity contribution in [2.24, 2.45) is 0 Å². The number of rotatable bonds is 4. The second-order valence-electron chi connectivity index (χ2n) is 4.49. The third-order valence-corrected chi connectivity index (χ3v) is 2.99. The summed E-state index contributed by atoms with van der Waals surface area (Å²) in [4.78, 5) is 26.4. The second kappa shape index (κ2) is 6.75. The number of carboxylic acids is 1. The molecule has 0 aliphatic carbocycles. The fourth-order valence-electron chi connectivity index (χ4n) is 1.60. The van der Waals surface area contributed by atoms with Crippen molar-refractivity contribution in [3.8, 4) is 6.07 Å². The summed E-state index contributed by atoms with van der Waals surface area (Å²) in [6.45, 7) is 4.12. The van der Waals surface area contributed by atoms with Gasteiger partial charge in [-0.2, -0.15) is 5.26 Å². The Kier molecular flexibility index (Phi) is 5.33. The molecule has 19 heavy (non-hydrogen) atoms. The summed E-state index contributed by atoms with van der Waals surface area (Å²) in [7, 11) is 1.97. The molecule has 1 amide bonds. The van der Waals surface area contributed by atoms with Gasteiger partial charge < -0.3 is 20.2 Å². The van der Waals surface area contributed by atoms with Crippen LogP contribution in [0.4, 0.5) is 0 Å². The van der Waals surface area contributed by atoms with Gasteiger partial charge in [-0.3, -0.25) is 9.59 Å². The van der Waals surface area contributed by atoms with Crippen LogP contribution < -0.4 is 5.32 Å². The van der Waals surface area contributed by atoms with E-state index < -0.39 is 12.0 Å². The number of piperazine rings is 1. The van der Waals surface area contributed by atoms with Gasteiger partial charge in [-0.25, -0.2) is 0 Å². The highest BCUT2D eigenvalue weighted by atomic mass is 16.4. The Morgan fingerprint density at radius 2 is 1.95 bits per heavy atom. The highest BCUT2D eigenvalue weighted by Crippen LogP contribution is 2.05. The lowest BCUT2D eigenvalue weighted by Gasteiger charge is -2.32. The second-order valence-corrected chi connectivity index (χ2v) is 4.49. The van der Waals surface area contributed by atoms with Crippen molar-refractivity contribution in [2.75, 3.05) is 33.2 Å². The van der Waals surface area contributed by atoms with E-state index in [1.807, 2.05) is 7.05 Å². The van der Waals surface area contributed by atoms with Gasteiger partial charge in [-0.15, -0.1) is 0 Å². The van der Waals surface area contributed by atoms with Crippen LogP contribution in [0.3, 0.4) is 0 Å². The largest absolute Gasteiger partial charge is 0.480 e. The summed E-state index contributed by atoms with van der Waals surface area (Å²) in [6, 6.07) is 0.962. The zero-order valence-electron chi connectivity index (χ0n) is 11.1. The Balaban J connectivity index is 2.64. The molecule has 1 saturated heterocycles. The lowest BCUT2D eigenvalue weighted by molar-refractivity contribution is -0.138. The van der Waals surface area contributed by atoms with Gasteiger partial charge in [-0.1, -0.05) is 0 Å². The number of hydrogen-bond donors (Lipinski definition) is 2. The number of nitrogens with zero attached hydrogens (tertiary/aromatic N) is 3. The predicted octanol–water partition coefficient (Wildman–Crippen LogP) is -0.769. The first-order valence-corrected chi connectivity index (χ1v) is 6.02. The molecule has 7 heteroatoms. The Hall–Kier alpha value is -2.07. The van der Waals surface area contributed by atoms with Crippen molar-refractivity contribution >= 4 is 11.9 Å². The molecule has 0 aromatic rings. The van der Waals surface area contributed by atoms with Gasteiger partial charge in [0, 0.05) is 32.4 Å². The van der Waals surface area contributed by atoms with Gasteiger partial charge in [0.15, 0.2) is 0 Å². The predicted molar refractivity (Wildman–Crippen MR) is 68.0 cm³/mol. The van der Waals surface area contributed by atoms with Crippen LogP contribution in [0, 0.1) is 11.3 Å². The Morgan fingerprint density at radius 1 is 1.37 bits per heavy atom. The van der Waals surface area contributed by atoms with Crippen LogP contribution in [0.15, 0.2) is 11.8 Å². The van der Waals surface area contributed by atoms with E-state index in [-0.39, 0.29) is 11.5 Å². The first-order valence-electron chi connectivity index (χ1n) is 6.02. The average molecular weight is 266 g/mol. The summed E-state index contributed by atoms with van der Waals surface area (Å²) in [5.41, 5.74) is -0.0716. The van der Waals surface area contributed by atoms with Crippen molar-refractivity contribution in [1.82, 2.24) is 15.1 Å².